The molecule has 0 aromatic heterocycles. The molecule has 0 bridgehead atoms. The summed E-state index contributed by atoms with van der Waals surface area (Å²) in [7, 11) is 1.34. The Balaban J connectivity index is 1.79. The fourth-order valence-electron chi connectivity index (χ4n) is 3.87. The number of nitrogens with one attached hydrogen (secondary N) is 2. The van der Waals surface area contributed by atoms with Gasteiger partial charge in [-0.1, -0.05) is 55.8 Å². The van der Waals surface area contributed by atoms with Crippen molar-refractivity contribution in [3.05, 3.63) is 64.7 Å². The summed E-state index contributed by atoms with van der Waals surface area (Å²) in [5, 5.41) is 6.00. The van der Waals surface area contributed by atoms with Gasteiger partial charge in [0, 0.05) is 23.3 Å². The Morgan fingerprint density at radius 1 is 1.12 bits per heavy atom. The predicted molar refractivity (Wildman–Crippen MR) is 123 cm³/mol. The second-order valence-corrected chi connectivity index (χ2v) is 8.64. The van der Waals surface area contributed by atoms with Crippen molar-refractivity contribution in [1.29, 1.82) is 0 Å². The quantitative estimate of drug-likeness (QED) is 0.642. The van der Waals surface area contributed by atoms with Gasteiger partial charge in [-0.05, 0) is 41.7 Å². The average Bonchev–Trinajstić information content (AvgIpc) is 2.76. The molecule has 2 N–H and O–H groups in total. The molecule has 3 amide bonds. The number of urea groups is 1. The minimum absolute atomic E-state index is 0.0934. The number of ether oxygens (including phenoxy) is 1. The minimum atomic E-state index is -0.764. The van der Waals surface area contributed by atoms with E-state index in [4.69, 9.17) is 16.3 Å². The number of hydrogen-bond donors (Lipinski definition) is 2. The fourth-order valence-corrected chi connectivity index (χ4v) is 4.06. The van der Waals surface area contributed by atoms with Crippen LogP contribution in [0, 0.1) is 5.92 Å². The molecule has 1 aliphatic heterocycles. The molecule has 32 heavy (non-hydrogen) atoms. The number of carbonyl (C=O) groups excluding carboxylic acids is 3. The van der Waals surface area contributed by atoms with Crippen LogP contribution in [0.5, 0.6) is 0 Å². The lowest BCUT2D eigenvalue weighted by molar-refractivity contribution is -0.145. The van der Waals surface area contributed by atoms with Crippen LogP contribution >= 0.6 is 11.6 Å². The summed E-state index contributed by atoms with van der Waals surface area (Å²) in [6.07, 6.45) is 0.645. The van der Waals surface area contributed by atoms with E-state index in [1.54, 1.807) is 29.2 Å². The molecule has 2 aromatic rings. The van der Waals surface area contributed by atoms with E-state index in [-0.39, 0.29) is 30.3 Å². The number of carbonyl (C=O) groups is 3. The van der Waals surface area contributed by atoms with Crippen LogP contribution in [-0.2, 0) is 27.3 Å². The van der Waals surface area contributed by atoms with E-state index in [1.807, 2.05) is 38.1 Å². The average molecular weight is 458 g/mol. The summed E-state index contributed by atoms with van der Waals surface area (Å²) in [4.78, 5) is 39.9. The van der Waals surface area contributed by atoms with Crippen molar-refractivity contribution in [3.63, 3.8) is 0 Å². The van der Waals surface area contributed by atoms with Gasteiger partial charge in [0.25, 0.3) is 0 Å². The lowest BCUT2D eigenvalue weighted by atomic mass is 9.90. The van der Waals surface area contributed by atoms with Crippen LogP contribution < -0.4 is 10.6 Å². The van der Waals surface area contributed by atoms with E-state index < -0.39 is 12.1 Å². The number of amides is 3. The summed E-state index contributed by atoms with van der Waals surface area (Å²) in [6, 6.07) is 13.0. The second-order valence-electron chi connectivity index (χ2n) is 8.20. The molecule has 7 nitrogen and oxygen atoms in total. The van der Waals surface area contributed by atoms with Gasteiger partial charge in [0.2, 0.25) is 5.91 Å². The molecule has 2 aromatic carbocycles. The zero-order chi connectivity index (χ0) is 23.3. The summed E-state index contributed by atoms with van der Waals surface area (Å²) in [5.41, 5.74) is 2.67. The molecule has 3 rings (SSSR count). The first-order valence-electron chi connectivity index (χ1n) is 10.6. The van der Waals surface area contributed by atoms with Gasteiger partial charge in [0.05, 0.1) is 13.5 Å². The third-order valence-corrected chi connectivity index (χ3v) is 5.81. The number of benzene rings is 2. The first-order chi connectivity index (χ1) is 15.3. The molecule has 2 atom stereocenters. The van der Waals surface area contributed by atoms with Gasteiger partial charge in [-0.15, -0.1) is 0 Å². The maximum Gasteiger partial charge on any atom is 0.319 e. The highest BCUT2D eigenvalue weighted by Crippen LogP contribution is 2.27. The molecule has 8 heteroatoms. The number of halogens is 1. The number of esters is 1. The number of anilines is 1. The largest absolute Gasteiger partial charge is 0.469 e. The SMILES string of the molecule is COC(=O)C[C@H]1Cc2ccccc2CN1C(=O)[C@@H](NC(=O)Nc1cccc(Cl)c1)C(C)C. The third kappa shape index (κ3) is 5.79. The van der Waals surface area contributed by atoms with Crippen molar-refractivity contribution < 1.29 is 19.1 Å². The highest BCUT2D eigenvalue weighted by Gasteiger charge is 2.36. The van der Waals surface area contributed by atoms with E-state index in [1.165, 1.54) is 7.11 Å². The molecule has 0 saturated heterocycles. The lowest BCUT2D eigenvalue weighted by Crippen LogP contribution is -2.56. The Bertz CT molecular complexity index is 995. The zero-order valence-corrected chi connectivity index (χ0v) is 19.2. The minimum Gasteiger partial charge on any atom is -0.469 e. The van der Waals surface area contributed by atoms with Crippen LogP contribution in [-0.4, -0.2) is 42.0 Å². The standard InChI is InChI=1S/C24H28ClN3O4/c1-15(2)22(27-24(31)26-19-10-6-9-18(25)12-19)23(30)28-14-17-8-5-4-7-16(17)11-20(28)13-21(29)32-3/h4-10,12,15,20,22H,11,13-14H2,1-3H3,(H2,26,27,31)/t20-,22+/m1/s1. The zero-order valence-electron chi connectivity index (χ0n) is 18.4. The molecule has 0 saturated carbocycles. The van der Waals surface area contributed by atoms with E-state index in [0.717, 1.165) is 11.1 Å². The van der Waals surface area contributed by atoms with Gasteiger partial charge >= 0.3 is 12.0 Å². The Kier molecular flexibility index (Phi) is 7.75. The Morgan fingerprint density at radius 2 is 1.84 bits per heavy atom. The molecule has 0 radical (unpaired) electrons. The maximum absolute atomic E-state index is 13.6. The first kappa shape index (κ1) is 23.6. The van der Waals surface area contributed by atoms with E-state index in [0.29, 0.717) is 23.7 Å². The topological polar surface area (TPSA) is 87.7 Å². The monoisotopic (exact) mass is 457 g/mol. The molecule has 0 aliphatic carbocycles. The van der Waals surface area contributed by atoms with Crippen LogP contribution in [0.4, 0.5) is 10.5 Å². The Hall–Kier alpha value is -3.06. The number of methoxy groups -OCH3 is 1. The molecular formula is C24H28ClN3O4. The number of hydrogen-bond acceptors (Lipinski definition) is 4. The van der Waals surface area contributed by atoms with Crippen molar-refractivity contribution in [1.82, 2.24) is 10.2 Å². The van der Waals surface area contributed by atoms with Crippen molar-refractivity contribution in [3.8, 4) is 0 Å². The summed E-state index contributed by atoms with van der Waals surface area (Å²) < 4.78 is 4.85. The van der Waals surface area contributed by atoms with Crippen molar-refractivity contribution >= 4 is 35.2 Å². The van der Waals surface area contributed by atoms with Gasteiger partial charge in [-0.2, -0.15) is 0 Å². The van der Waals surface area contributed by atoms with E-state index in [9.17, 15) is 14.4 Å². The van der Waals surface area contributed by atoms with Gasteiger partial charge in [0.15, 0.2) is 0 Å². The highest BCUT2D eigenvalue weighted by atomic mass is 35.5. The van der Waals surface area contributed by atoms with Crippen molar-refractivity contribution in [2.45, 2.75) is 45.3 Å². The fraction of sp³-hybridized carbons (Fsp3) is 0.375. The highest BCUT2D eigenvalue weighted by molar-refractivity contribution is 6.30. The molecular weight excluding hydrogens is 430 g/mol. The van der Waals surface area contributed by atoms with Gasteiger partial charge in [-0.3, -0.25) is 9.59 Å². The van der Waals surface area contributed by atoms with Gasteiger partial charge in [-0.25, -0.2) is 4.79 Å². The summed E-state index contributed by atoms with van der Waals surface area (Å²) in [5.74, 6) is -0.770. The Labute approximate surface area is 193 Å². The molecule has 0 unspecified atom stereocenters. The molecule has 0 fully saturated rings. The van der Waals surface area contributed by atoms with Crippen LogP contribution in [0.3, 0.4) is 0 Å². The number of rotatable bonds is 6. The molecule has 1 aliphatic rings. The van der Waals surface area contributed by atoms with Crippen molar-refractivity contribution in [2.75, 3.05) is 12.4 Å². The predicted octanol–water partition coefficient (Wildman–Crippen LogP) is 4.00. The van der Waals surface area contributed by atoms with E-state index in [2.05, 4.69) is 10.6 Å². The first-order valence-corrected chi connectivity index (χ1v) is 10.9. The van der Waals surface area contributed by atoms with Crippen molar-refractivity contribution in [2.24, 2.45) is 5.92 Å². The Morgan fingerprint density at radius 3 is 2.50 bits per heavy atom. The molecule has 1 heterocycles. The van der Waals surface area contributed by atoms with Gasteiger partial charge < -0.3 is 20.3 Å². The number of fused-ring (bicyclic) bond motifs is 1. The van der Waals surface area contributed by atoms with E-state index >= 15 is 0 Å². The normalized spacial score (nSPS) is 16.2. The maximum atomic E-state index is 13.6. The summed E-state index contributed by atoms with van der Waals surface area (Å²) >= 11 is 5.98. The van der Waals surface area contributed by atoms with Crippen LogP contribution in [0.15, 0.2) is 48.5 Å². The second kappa shape index (κ2) is 10.5. The molecule has 170 valence electrons. The van der Waals surface area contributed by atoms with Crippen LogP contribution in [0.25, 0.3) is 0 Å². The summed E-state index contributed by atoms with van der Waals surface area (Å²) in [6.45, 7) is 4.11. The lowest BCUT2D eigenvalue weighted by Gasteiger charge is -2.39. The molecule has 0 spiro atoms. The van der Waals surface area contributed by atoms with Crippen LogP contribution in [0.1, 0.15) is 31.4 Å². The van der Waals surface area contributed by atoms with Crippen LogP contribution in [0.2, 0.25) is 5.02 Å². The smallest absolute Gasteiger partial charge is 0.319 e. The third-order valence-electron chi connectivity index (χ3n) is 5.57. The van der Waals surface area contributed by atoms with Gasteiger partial charge in [0.1, 0.15) is 6.04 Å². The number of nitrogens with zero attached hydrogens (tertiary/aromatic N) is 1.